The van der Waals surface area contributed by atoms with E-state index in [1.165, 1.54) is 65.1 Å². The molecule has 0 aliphatic heterocycles. The molecule has 3 aromatic heterocycles. The summed E-state index contributed by atoms with van der Waals surface area (Å²) in [5.74, 6) is -1.45. The number of carbonyl (C=O) groups excluding carboxylic acids is 1. The number of benzene rings is 1. The van der Waals surface area contributed by atoms with Crippen molar-refractivity contribution in [2.24, 2.45) is 0 Å². The van der Waals surface area contributed by atoms with E-state index in [9.17, 15) is 23.9 Å². The van der Waals surface area contributed by atoms with Gasteiger partial charge < -0.3 is 24.1 Å². The first-order chi connectivity index (χ1) is 15.9. The van der Waals surface area contributed by atoms with Crippen LogP contribution >= 0.6 is 0 Å². The van der Waals surface area contributed by atoms with Gasteiger partial charge in [-0.05, 0) is 17.7 Å². The fourth-order valence-electron chi connectivity index (χ4n) is 3.21. The molecule has 4 aromatic rings. The minimum atomic E-state index is -0.990. The minimum Gasteiger partial charge on any atom is -0.503 e. The number of pyridine rings is 1. The standard InChI is InChI=1S/C22H18FN5O5/c1-33-17-6-7-24-16(26-17)10-25-21(31)15-12-27-8-9-28(11-13-2-4-14(23)5-3-13)22(32)18(27)20(30)19(15)29/h2-9,12,30H,10-11H2,1H3,(H,25,31). The fourth-order valence-corrected chi connectivity index (χ4v) is 3.21. The van der Waals surface area contributed by atoms with Crippen LogP contribution in [0.15, 0.2) is 64.7 Å². The molecule has 0 saturated carbocycles. The summed E-state index contributed by atoms with van der Waals surface area (Å²) in [6.07, 6.45) is 5.50. The van der Waals surface area contributed by atoms with Crippen molar-refractivity contribution in [2.45, 2.75) is 13.1 Å². The van der Waals surface area contributed by atoms with E-state index in [1.54, 1.807) is 6.07 Å². The van der Waals surface area contributed by atoms with Crippen molar-refractivity contribution in [1.82, 2.24) is 24.3 Å². The first kappa shape index (κ1) is 21.7. The van der Waals surface area contributed by atoms with Crippen molar-refractivity contribution >= 4 is 11.4 Å². The molecule has 11 heteroatoms. The van der Waals surface area contributed by atoms with Crippen molar-refractivity contribution in [2.75, 3.05) is 7.11 Å². The van der Waals surface area contributed by atoms with Crippen LogP contribution in [0.25, 0.3) is 5.52 Å². The van der Waals surface area contributed by atoms with Gasteiger partial charge in [-0.3, -0.25) is 14.4 Å². The summed E-state index contributed by atoms with van der Waals surface area (Å²) in [5, 5.41) is 12.9. The molecule has 0 aliphatic rings. The first-order valence-electron chi connectivity index (χ1n) is 9.73. The Labute approximate surface area is 185 Å². The summed E-state index contributed by atoms with van der Waals surface area (Å²) < 4.78 is 20.6. The van der Waals surface area contributed by atoms with Gasteiger partial charge in [-0.1, -0.05) is 12.1 Å². The quantitative estimate of drug-likeness (QED) is 0.449. The van der Waals surface area contributed by atoms with Crippen LogP contribution in [-0.2, 0) is 13.1 Å². The number of fused-ring (bicyclic) bond motifs is 1. The number of aromatic hydroxyl groups is 1. The lowest BCUT2D eigenvalue weighted by Crippen LogP contribution is -2.31. The Kier molecular flexibility index (Phi) is 5.85. The second kappa shape index (κ2) is 8.91. The van der Waals surface area contributed by atoms with Gasteiger partial charge in [-0.15, -0.1) is 0 Å². The van der Waals surface area contributed by atoms with E-state index >= 15 is 0 Å². The van der Waals surface area contributed by atoms with Gasteiger partial charge in [0.05, 0.1) is 20.2 Å². The molecule has 1 amide bonds. The number of amides is 1. The lowest BCUT2D eigenvalue weighted by atomic mass is 10.2. The highest BCUT2D eigenvalue weighted by Crippen LogP contribution is 2.12. The van der Waals surface area contributed by atoms with Crippen molar-refractivity contribution in [3.63, 3.8) is 0 Å². The third-order valence-corrected chi connectivity index (χ3v) is 4.89. The summed E-state index contributed by atoms with van der Waals surface area (Å²) >= 11 is 0. The van der Waals surface area contributed by atoms with Gasteiger partial charge in [-0.25, -0.2) is 9.37 Å². The van der Waals surface area contributed by atoms with Gasteiger partial charge in [0.2, 0.25) is 11.3 Å². The molecule has 4 rings (SSSR count). The summed E-state index contributed by atoms with van der Waals surface area (Å²) in [6, 6.07) is 7.13. The van der Waals surface area contributed by atoms with Gasteiger partial charge in [0, 0.05) is 30.9 Å². The maximum atomic E-state index is 13.1. The Morgan fingerprint density at radius 2 is 1.94 bits per heavy atom. The molecule has 0 radical (unpaired) electrons. The van der Waals surface area contributed by atoms with E-state index < -0.39 is 28.5 Å². The predicted molar refractivity (Wildman–Crippen MR) is 115 cm³/mol. The van der Waals surface area contributed by atoms with Gasteiger partial charge in [0.1, 0.15) is 11.4 Å². The Bertz CT molecular complexity index is 1460. The molecule has 0 bridgehead atoms. The SMILES string of the molecule is COc1ccnc(CNC(=O)c2cn3ccn(Cc4ccc(F)cc4)c(=O)c3c(O)c2=O)n1. The fraction of sp³-hybridized carbons (Fsp3) is 0.136. The number of carbonyl (C=O) groups is 1. The number of halogens is 1. The van der Waals surface area contributed by atoms with E-state index in [0.717, 1.165) is 0 Å². The van der Waals surface area contributed by atoms with Gasteiger partial charge >= 0.3 is 0 Å². The van der Waals surface area contributed by atoms with Crippen LogP contribution in [-0.4, -0.2) is 37.1 Å². The first-order valence-corrected chi connectivity index (χ1v) is 9.73. The van der Waals surface area contributed by atoms with Gasteiger partial charge in [-0.2, -0.15) is 4.98 Å². The number of aromatic nitrogens is 4. The summed E-state index contributed by atoms with van der Waals surface area (Å²) in [5.41, 5.74) is -1.62. The van der Waals surface area contributed by atoms with E-state index in [1.807, 2.05) is 0 Å². The van der Waals surface area contributed by atoms with Crippen LogP contribution in [0.3, 0.4) is 0 Å². The summed E-state index contributed by atoms with van der Waals surface area (Å²) in [6.45, 7) is 0.0181. The van der Waals surface area contributed by atoms with Crippen LogP contribution < -0.4 is 21.0 Å². The van der Waals surface area contributed by atoms with Crippen LogP contribution in [0.1, 0.15) is 21.7 Å². The number of nitrogens with one attached hydrogen (secondary N) is 1. The molecule has 0 aliphatic carbocycles. The van der Waals surface area contributed by atoms with Crippen molar-refractivity contribution in [3.8, 4) is 11.6 Å². The smallest absolute Gasteiger partial charge is 0.279 e. The molecular formula is C22H18FN5O5. The zero-order chi connectivity index (χ0) is 23.5. The molecule has 10 nitrogen and oxygen atoms in total. The van der Waals surface area contributed by atoms with Crippen molar-refractivity contribution < 1.29 is 19.0 Å². The number of ether oxygens (including phenoxy) is 1. The number of nitrogens with zero attached hydrogens (tertiary/aromatic N) is 4. The van der Waals surface area contributed by atoms with Crippen molar-refractivity contribution in [3.05, 3.63) is 98.5 Å². The van der Waals surface area contributed by atoms with Crippen LogP contribution in [0, 0.1) is 5.82 Å². The minimum absolute atomic E-state index is 0.0851. The molecular weight excluding hydrogens is 433 g/mol. The molecule has 0 atom stereocenters. The van der Waals surface area contributed by atoms with E-state index in [-0.39, 0.29) is 30.0 Å². The zero-order valence-corrected chi connectivity index (χ0v) is 17.4. The van der Waals surface area contributed by atoms with E-state index in [2.05, 4.69) is 15.3 Å². The summed E-state index contributed by atoms with van der Waals surface area (Å²) in [7, 11) is 1.44. The maximum Gasteiger partial charge on any atom is 0.279 e. The largest absolute Gasteiger partial charge is 0.503 e. The number of methoxy groups -OCH3 is 1. The Morgan fingerprint density at radius 3 is 2.67 bits per heavy atom. The third-order valence-electron chi connectivity index (χ3n) is 4.89. The molecule has 0 spiro atoms. The number of hydrogen-bond donors (Lipinski definition) is 2. The van der Waals surface area contributed by atoms with Crippen LogP contribution in [0.4, 0.5) is 4.39 Å². The Balaban J connectivity index is 1.63. The highest BCUT2D eigenvalue weighted by atomic mass is 19.1. The Morgan fingerprint density at radius 1 is 1.18 bits per heavy atom. The number of rotatable bonds is 6. The molecule has 0 unspecified atom stereocenters. The maximum absolute atomic E-state index is 13.1. The predicted octanol–water partition coefficient (Wildman–Crippen LogP) is 1.08. The number of hydrogen-bond acceptors (Lipinski definition) is 7. The van der Waals surface area contributed by atoms with Gasteiger partial charge in [0.15, 0.2) is 17.1 Å². The molecule has 0 saturated heterocycles. The lowest BCUT2D eigenvalue weighted by Gasteiger charge is -2.11. The van der Waals surface area contributed by atoms with E-state index in [4.69, 9.17) is 4.74 Å². The monoisotopic (exact) mass is 451 g/mol. The average molecular weight is 451 g/mol. The molecule has 2 N–H and O–H groups in total. The molecule has 0 fully saturated rings. The second-order valence-corrected chi connectivity index (χ2v) is 7.03. The molecule has 33 heavy (non-hydrogen) atoms. The highest BCUT2D eigenvalue weighted by Gasteiger charge is 2.19. The molecule has 168 valence electrons. The third kappa shape index (κ3) is 4.42. The summed E-state index contributed by atoms with van der Waals surface area (Å²) in [4.78, 5) is 46.1. The van der Waals surface area contributed by atoms with E-state index in [0.29, 0.717) is 11.4 Å². The lowest BCUT2D eigenvalue weighted by molar-refractivity contribution is 0.0947. The zero-order valence-electron chi connectivity index (χ0n) is 17.4. The van der Waals surface area contributed by atoms with Crippen LogP contribution in [0.5, 0.6) is 11.6 Å². The van der Waals surface area contributed by atoms with Gasteiger partial charge in [0.25, 0.3) is 11.5 Å². The van der Waals surface area contributed by atoms with Crippen LogP contribution in [0.2, 0.25) is 0 Å². The molecule has 3 heterocycles. The topological polar surface area (TPSA) is 128 Å². The normalized spacial score (nSPS) is 10.8. The van der Waals surface area contributed by atoms with Crippen molar-refractivity contribution in [1.29, 1.82) is 0 Å². The molecule has 1 aromatic carbocycles. The average Bonchev–Trinajstić information content (AvgIpc) is 2.82. The second-order valence-electron chi connectivity index (χ2n) is 7.03. The highest BCUT2D eigenvalue weighted by molar-refractivity contribution is 5.94. The Hall–Kier alpha value is -4.54.